The molecule has 4 aromatic rings. The van der Waals surface area contributed by atoms with Gasteiger partial charge in [0.05, 0.1) is 22.5 Å². The average molecular weight is 402 g/mol. The monoisotopic (exact) mass is 402 g/mol. The second-order valence-electron chi connectivity index (χ2n) is 8.08. The van der Waals surface area contributed by atoms with Crippen LogP contribution in [0.3, 0.4) is 0 Å². The van der Waals surface area contributed by atoms with Gasteiger partial charge in [-0.25, -0.2) is 4.79 Å². The van der Waals surface area contributed by atoms with Crippen molar-refractivity contribution in [3.63, 3.8) is 0 Å². The van der Waals surface area contributed by atoms with Crippen molar-refractivity contribution in [2.75, 3.05) is 37.6 Å². The molecular weight excluding hydrogens is 376 g/mol. The first-order valence-corrected chi connectivity index (χ1v) is 10.5. The standard InChI is InChI=1S/C24H26N4O2/c1-4-26-7-9-27(10-8-26)20-6-5-18-11-21(24(29)30-23(18)13-20)19-12-22-17(3)25-16(2)14-28(22)15-19/h5-6,11-15H,4,7-10H2,1-3H3. The number of aryl methyl sites for hydroxylation is 2. The molecule has 3 aromatic heterocycles. The third kappa shape index (κ3) is 3.27. The van der Waals surface area contributed by atoms with Gasteiger partial charge in [0, 0.05) is 61.3 Å². The van der Waals surface area contributed by atoms with Crippen molar-refractivity contribution >= 4 is 22.2 Å². The minimum Gasteiger partial charge on any atom is -0.422 e. The van der Waals surface area contributed by atoms with Crippen molar-refractivity contribution in [2.24, 2.45) is 0 Å². The van der Waals surface area contributed by atoms with Crippen LogP contribution in [0.5, 0.6) is 0 Å². The molecule has 4 heterocycles. The van der Waals surface area contributed by atoms with Gasteiger partial charge in [-0.3, -0.25) is 4.98 Å². The lowest BCUT2D eigenvalue weighted by Crippen LogP contribution is -2.46. The third-order valence-corrected chi connectivity index (χ3v) is 6.10. The highest BCUT2D eigenvalue weighted by molar-refractivity contribution is 5.85. The van der Waals surface area contributed by atoms with E-state index in [1.807, 2.05) is 48.8 Å². The number of anilines is 1. The van der Waals surface area contributed by atoms with E-state index in [1.165, 1.54) is 0 Å². The molecule has 154 valence electrons. The number of hydrogen-bond acceptors (Lipinski definition) is 5. The Morgan fingerprint density at radius 3 is 2.60 bits per heavy atom. The van der Waals surface area contributed by atoms with Crippen LogP contribution in [0, 0.1) is 13.8 Å². The Balaban J connectivity index is 1.52. The maximum atomic E-state index is 12.8. The summed E-state index contributed by atoms with van der Waals surface area (Å²) in [6, 6.07) is 10.1. The van der Waals surface area contributed by atoms with E-state index >= 15 is 0 Å². The van der Waals surface area contributed by atoms with E-state index in [0.717, 1.165) is 66.3 Å². The molecule has 0 atom stereocenters. The van der Waals surface area contributed by atoms with Gasteiger partial charge in [-0.15, -0.1) is 0 Å². The van der Waals surface area contributed by atoms with E-state index in [9.17, 15) is 4.79 Å². The highest BCUT2D eigenvalue weighted by Crippen LogP contribution is 2.27. The van der Waals surface area contributed by atoms with E-state index in [1.54, 1.807) is 0 Å². The molecule has 0 aliphatic carbocycles. The molecule has 0 N–H and O–H groups in total. The molecule has 0 unspecified atom stereocenters. The van der Waals surface area contributed by atoms with Gasteiger partial charge in [-0.05, 0) is 44.7 Å². The van der Waals surface area contributed by atoms with Crippen molar-refractivity contribution in [2.45, 2.75) is 20.8 Å². The van der Waals surface area contributed by atoms with Gasteiger partial charge in [0.15, 0.2) is 0 Å². The summed E-state index contributed by atoms with van der Waals surface area (Å²) < 4.78 is 7.78. The largest absolute Gasteiger partial charge is 0.422 e. The number of piperazine rings is 1. The Bertz CT molecular complexity index is 1300. The van der Waals surface area contributed by atoms with E-state index in [0.29, 0.717) is 11.1 Å². The van der Waals surface area contributed by atoms with Crippen LogP contribution in [0.1, 0.15) is 18.3 Å². The summed E-state index contributed by atoms with van der Waals surface area (Å²) in [6.07, 6.45) is 3.94. The van der Waals surface area contributed by atoms with Crippen LogP contribution in [0.4, 0.5) is 5.69 Å². The van der Waals surface area contributed by atoms with Gasteiger partial charge in [-0.1, -0.05) is 6.92 Å². The first-order chi connectivity index (χ1) is 14.5. The van der Waals surface area contributed by atoms with E-state index < -0.39 is 0 Å². The Morgan fingerprint density at radius 1 is 1.03 bits per heavy atom. The van der Waals surface area contributed by atoms with E-state index in [2.05, 4.69) is 33.8 Å². The van der Waals surface area contributed by atoms with Gasteiger partial charge >= 0.3 is 5.63 Å². The van der Waals surface area contributed by atoms with Crippen LogP contribution in [-0.2, 0) is 0 Å². The molecule has 6 nitrogen and oxygen atoms in total. The number of likely N-dealkylation sites (N-methyl/N-ethyl adjacent to an activating group) is 1. The maximum absolute atomic E-state index is 12.8. The molecule has 0 amide bonds. The molecule has 1 aliphatic heterocycles. The first-order valence-electron chi connectivity index (χ1n) is 10.5. The van der Waals surface area contributed by atoms with Crippen LogP contribution in [-0.4, -0.2) is 47.0 Å². The summed E-state index contributed by atoms with van der Waals surface area (Å²) in [6.45, 7) is 11.4. The first kappa shape index (κ1) is 18.9. The molecular formula is C24H26N4O2. The van der Waals surface area contributed by atoms with Crippen LogP contribution < -0.4 is 10.5 Å². The predicted molar refractivity (Wildman–Crippen MR) is 120 cm³/mol. The SMILES string of the molecule is CCN1CCN(c2ccc3cc(-c4cc5c(C)nc(C)cn5c4)c(=O)oc3c2)CC1. The topological polar surface area (TPSA) is 54.0 Å². The summed E-state index contributed by atoms with van der Waals surface area (Å²) in [5.74, 6) is 0. The number of rotatable bonds is 3. The lowest BCUT2D eigenvalue weighted by Gasteiger charge is -2.35. The molecule has 1 saturated heterocycles. The Kier molecular flexibility index (Phi) is 4.59. The van der Waals surface area contributed by atoms with Crippen LogP contribution in [0.15, 0.2) is 51.9 Å². The molecule has 0 saturated carbocycles. The fraction of sp³-hybridized carbons (Fsp3) is 0.333. The smallest absolute Gasteiger partial charge is 0.344 e. The third-order valence-electron chi connectivity index (χ3n) is 6.10. The Hall–Kier alpha value is -3.12. The molecule has 6 heteroatoms. The summed E-state index contributed by atoms with van der Waals surface area (Å²) >= 11 is 0. The lowest BCUT2D eigenvalue weighted by atomic mass is 10.1. The van der Waals surface area contributed by atoms with Crippen molar-refractivity contribution < 1.29 is 4.42 Å². The molecule has 0 spiro atoms. The Labute approximate surface area is 175 Å². The second-order valence-corrected chi connectivity index (χ2v) is 8.08. The highest BCUT2D eigenvalue weighted by Gasteiger charge is 2.17. The molecule has 1 aliphatic rings. The van der Waals surface area contributed by atoms with Crippen LogP contribution >= 0.6 is 0 Å². The predicted octanol–water partition coefficient (Wildman–Crippen LogP) is 3.87. The minimum absolute atomic E-state index is 0.311. The Morgan fingerprint density at radius 2 is 1.83 bits per heavy atom. The average Bonchev–Trinajstić information content (AvgIpc) is 3.17. The lowest BCUT2D eigenvalue weighted by molar-refractivity contribution is 0.271. The zero-order valence-electron chi connectivity index (χ0n) is 17.7. The van der Waals surface area contributed by atoms with E-state index in [4.69, 9.17) is 4.42 Å². The van der Waals surface area contributed by atoms with Gasteiger partial charge in [0.1, 0.15) is 5.58 Å². The zero-order chi connectivity index (χ0) is 20.8. The second kappa shape index (κ2) is 7.29. The van der Waals surface area contributed by atoms with Gasteiger partial charge in [0.2, 0.25) is 0 Å². The molecule has 0 bridgehead atoms. The summed E-state index contributed by atoms with van der Waals surface area (Å²) in [4.78, 5) is 22.1. The minimum atomic E-state index is -0.311. The normalized spacial score (nSPS) is 15.4. The van der Waals surface area contributed by atoms with Gasteiger partial charge in [-0.2, -0.15) is 0 Å². The number of benzene rings is 1. The summed E-state index contributed by atoms with van der Waals surface area (Å²) in [5.41, 5.74) is 5.75. The van der Waals surface area contributed by atoms with Gasteiger partial charge < -0.3 is 18.6 Å². The maximum Gasteiger partial charge on any atom is 0.344 e. The molecule has 1 aromatic carbocycles. The number of nitrogens with zero attached hydrogens (tertiary/aromatic N) is 4. The van der Waals surface area contributed by atoms with Crippen LogP contribution in [0.2, 0.25) is 0 Å². The number of hydrogen-bond donors (Lipinski definition) is 0. The summed E-state index contributed by atoms with van der Waals surface area (Å²) in [7, 11) is 0. The molecule has 30 heavy (non-hydrogen) atoms. The molecule has 0 radical (unpaired) electrons. The highest BCUT2D eigenvalue weighted by atomic mass is 16.4. The number of fused-ring (bicyclic) bond motifs is 2. The fourth-order valence-electron chi connectivity index (χ4n) is 4.40. The summed E-state index contributed by atoms with van der Waals surface area (Å²) in [5, 5.41) is 0.932. The molecule has 1 fully saturated rings. The quantitative estimate of drug-likeness (QED) is 0.487. The van der Waals surface area contributed by atoms with Crippen LogP contribution in [0.25, 0.3) is 27.6 Å². The van der Waals surface area contributed by atoms with Crippen molar-refractivity contribution in [1.29, 1.82) is 0 Å². The molecule has 5 rings (SSSR count). The zero-order valence-corrected chi connectivity index (χ0v) is 17.7. The fourth-order valence-corrected chi connectivity index (χ4v) is 4.40. The van der Waals surface area contributed by atoms with E-state index in [-0.39, 0.29) is 5.63 Å². The van der Waals surface area contributed by atoms with Gasteiger partial charge in [0.25, 0.3) is 0 Å². The number of aromatic nitrogens is 2. The van der Waals surface area contributed by atoms with Crippen molar-refractivity contribution in [1.82, 2.24) is 14.3 Å². The van der Waals surface area contributed by atoms with Crippen molar-refractivity contribution in [3.05, 3.63) is 64.5 Å². The van der Waals surface area contributed by atoms with Crippen molar-refractivity contribution in [3.8, 4) is 11.1 Å².